The molecule has 3 saturated heterocycles. The van der Waals surface area contributed by atoms with Gasteiger partial charge in [-0.3, -0.25) is 4.79 Å². The Hall–Kier alpha value is -1.21. The van der Waals surface area contributed by atoms with Gasteiger partial charge in [-0.25, -0.2) is 0 Å². The Kier molecular flexibility index (Phi) is 34.7. The first-order valence-corrected chi connectivity index (χ1v) is 28.3. The van der Waals surface area contributed by atoms with E-state index in [0.717, 1.165) is 44.9 Å². The van der Waals surface area contributed by atoms with Crippen LogP contribution in [0.3, 0.4) is 0 Å². The highest BCUT2D eigenvalue weighted by Crippen LogP contribution is 2.33. The third-order valence-corrected chi connectivity index (χ3v) is 14.7. The van der Waals surface area contributed by atoms with Crippen molar-refractivity contribution in [3.05, 3.63) is 0 Å². The lowest BCUT2D eigenvalue weighted by atomic mass is 9.96. The van der Waals surface area contributed by atoms with E-state index in [0.29, 0.717) is 12.8 Å². The van der Waals surface area contributed by atoms with Crippen molar-refractivity contribution in [1.29, 1.82) is 0 Å². The summed E-state index contributed by atoms with van der Waals surface area (Å²) in [5.41, 5.74) is 0. The number of hydrogen-bond acceptors (Lipinski definition) is 18. The van der Waals surface area contributed by atoms with Gasteiger partial charge in [-0.15, -0.1) is 0 Å². The molecule has 3 aliphatic rings. The number of ether oxygens (including phenoxy) is 6. The van der Waals surface area contributed by atoms with E-state index in [9.17, 15) is 61.0 Å². The van der Waals surface area contributed by atoms with Gasteiger partial charge in [0.2, 0.25) is 5.91 Å². The van der Waals surface area contributed by atoms with E-state index < -0.39 is 124 Å². The van der Waals surface area contributed by atoms with E-state index in [2.05, 4.69) is 19.2 Å². The van der Waals surface area contributed by atoms with Crippen molar-refractivity contribution in [3.8, 4) is 0 Å². The molecular weight excluding hydrogens is 939 g/mol. The van der Waals surface area contributed by atoms with Crippen LogP contribution in [0, 0.1) is 0 Å². The van der Waals surface area contributed by atoms with E-state index in [-0.39, 0.29) is 18.9 Å². The van der Waals surface area contributed by atoms with E-state index in [1.165, 1.54) is 122 Å². The summed E-state index contributed by atoms with van der Waals surface area (Å²) in [4.78, 5) is 13.3. The molecule has 0 bridgehead atoms. The Morgan fingerprint density at radius 1 is 0.444 bits per heavy atom. The number of aliphatic hydroxyl groups is 11. The van der Waals surface area contributed by atoms with Crippen molar-refractivity contribution in [3.63, 3.8) is 0 Å². The smallest absolute Gasteiger partial charge is 0.220 e. The minimum absolute atomic E-state index is 0.242. The summed E-state index contributed by atoms with van der Waals surface area (Å²) in [6, 6.07) is -0.878. The number of unbranched alkanes of at least 4 members (excludes halogenated alkanes) is 25. The summed E-state index contributed by atoms with van der Waals surface area (Å²) in [6.07, 6.45) is 6.24. The molecule has 0 aromatic rings. The molecule has 19 nitrogen and oxygen atoms in total. The number of nitrogens with one attached hydrogen (secondary N) is 1. The second kappa shape index (κ2) is 38.4. The fourth-order valence-electron chi connectivity index (χ4n) is 9.96. The Morgan fingerprint density at radius 2 is 0.792 bits per heavy atom. The van der Waals surface area contributed by atoms with Gasteiger partial charge in [0.05, 0.1) is 38.6 Å². The molecule has 3 heterocycles. The first-order chi connectivity index (χ1) is 34.8. The highest BCUT2D eigenvalue weighted by molar-refractivity contribution is 5.76. The van der Waals surface area contributed by atoms with Crippen molar-refractivity contribution in [2.24, 2.45) is 0 Å². The van der Waals surface area contributed by atoms with Gasteiger partial charge >= 0.3 is 0 Å². The largest absolute Gasteiger partial charge is 0.394 e. The molecule has 3 aliphatic heterocycles. The first kappa shape index (κ1) is 65.1. The van der Waals surface area contributed by atoms with Gasteiger partial charge in [0.15, 0.2) is 18.9 Å². The van der Waals surface area contributed by atoms with Gasteiger partial charge in [-0.05, 0) is 12.8 Å². The van der Waals surface area contributed by atoms with Crippen LogP contribution in [0.25, 0.3) is 0 Å². The number of aliphatic hydroxyl groups excluding tert-OH is 11. The van der Waals surface area contributed by atoms with E-state index in [1.54, 1.807) is 0 Å². The Morgan fingerprint density at radius 3 is 1.21 bits per heavy atom. The van der Waals surface area contributed by atoms with Gasteiger partial charge in [-0.1, -0.05) is 181 Å². The maximum Gasteiger partial charge on any atom is 0.220 e. The molecule has 12 N–H and O–H groups in total. The summed E-state index contributed by atoms with van der Waals surface area (Å²) in [5, 5.41) is 120. The molecule has 0 aliphatic carbocycles. The summed E-state index contributed by atoms with van der Waals surface area (Å²) < 4.78 is 34.2. The Bertz CT molecular complexity index is 1340. The second-order valence-electron chi connectivity index (χ2n) is 20.8. The molecule has 426 valence electrons. The van der Waals surface area contributed by atoms with E-state index >= 15 is 0 Å². The summed E-state index contributed by atoms with van der Waals surface area (Å²) in [6.45, 7) is 1.78. The molecule has 0 spiro atoms. The molecule has 0 radical (unpaired) electrons. The van der Waals surface area contributed by atoms with Crippen LogP contribution in [0.4, 0.5) is 0 Å². The van der Waals surface area contributed by atoms with Crippen LogP contribution in [0.2, 0.25) is 0 Å². The molecule has 17 unspecified atom stereocenters. The zero-order valence-electron chi connectivity index (χ0n) is 43.9. The fourth-order valence-corrected chi connectivity index (χ4v) is 9.96. The SMILES string of the molecule is CCCCCCCCCCCCCCCCCC(=O)NC(COC1OC(CO)C(OC2OC(CO)C(OC3OC(CO)C(O)C(O)C3O)C(O)C2O)C(O)C1O)C(O)CCCCCCCCCCCCCC. The second-order valence-corrected chi connectivity index (χ2v) is 20.8. The monoisotopic (exact) mass is 1040 g/mol. The topological polar surface area (TPSA) is 307 Å². The van der Waals surface area contributed by atoms with Crippen LogP contribution in [-0.2, 0) is 33.2 Å². The zero-order chi connectivity index (χ0) is 52.7. The van der Waals surface area contributed by atoms with Crippen LogP contribution in [0.15, 0.2) is 0 Å². The maximum atomic E-state index is 13.3. The molecule has 19 heteroatoms. The molecule has 0 saturated carbocycles. The van der Waals surface area contributed by atoms with Gasteiger partial charge in [-0.2, -0.15) is 0 Å². The van der Waals surface area contributed by atoms with Crippen molar-refractivity contribution >= 4 is 5.91 Å². The number of amides is 1. The van der Waals surface area contributed by atoms with Crippen LogP contribution in [0.1, 0.15) is 200 Å². The lowest BCUT2D eigenvalue weighted by Gasteiger charge is -2.48. The third-order valence-electron chi connectivity index (χ3n) is 14.7. The minimum Gasteiger partial charge on any atom is -0.394 e. The van der Waals surface area contributed by atoms with Crippen LogP contribution >= 0.6 is 0 Å². The molecule has 3 rings (SSSR count). The highest BCUT2D eigenvalue weighted by Gasteiger charge is 2.53. The average molecular weight is 1040 g/mol. The van der Waals surface area contributed by atoms with Crippen LogP contribution < -0.4 is 5.32 Å². The van der Waals surface area contributed by atoms with Crippen LogP contribution in [-0.4, -0.2) is 193 Å². The summed E-state index contributed by atoms with van der Waals surface area (Å²) in [5.74, 6) is -0.242. The van der Waals surface area contributed by atoms with Gasteiger partial charge in [0, 0.05) is 6.42 Å². The third kappa shape index (κ3) is 23.2. The average Bonchev–Trinajstić information content (AvgIpc) is 3.37. The fraction of sp³-hybridized carbons (Fsp3) is 0.981. The summed E-state index contributed by atoms with van der Waals surface area (Å²) in [7, 11) is 0. The lowest BCUT2D eigenvalue weighted by molar-refractivity contribution is -0.379. The quantitative estimate of drug-likeness (QED) is 0.0389. The van der Waals surface area contributed by atoms with Gasteiger partial charge < -0.3 is 89.9 Å². The molecule has 72 heavy (non-hydrogen) atoms. The number of carbonyl (C=O) groups excluding carboxylic acids is 1. The molecule has 0 aromatic carbocycles. The van der Waals surface area contributed by atoms with E-state index in [1.807, 2.05) is 0 Å². The summed E-state index contributed by atoms with van der Waals surface area (Å²) >= 11 is 0. The molecule has 17 atom stereocenters. The minimum atomic E-state index is -1.97. The van der Waals surface area contributed by atoms with Crippen molar-refractivity contribution in [1.82, 2.24) is 5.32 Å². The number of rotatable bonds is 41. The Labute approximate surface area is 430 Å². The standard InChI is InChI=1S/C53H101NO18/c1-3-5-7-9-11-13-15-17-18-19-21-23-25-27-29-31-41(59)54-36(37(58)30-28-26-24-22-20-16-14-12-10-8-6-4-2)35-67-51-47(65)44(62)49(39(33-56)69-51)72-53-48(66)45(63)50(40(34-57)70-53)71-52-46(64)43(61)42(60)38(32-55)68-52/h36-40,42-53,55-58,60-66H,3-35H2,1-2H3,(H,54,59). The van der Waals surface area contributed by atoms with Crippen LogP contribution in [0.5, 0.6) is 0 Å². The zero-order valence-corrected chi connectivity index (χ0v) is 43.9. The predicted octanol–water partition coefficient (Wildman–Crippen LogP) is 3.65. The molecule has 1 amide bonds. The Balaban J connectivity index is 1.52. The van der Waals surface area contributed by atoms with Gasteiger partial charge in [0.25, 0.3) is 0 Å². The number of carbonyl (C=O) groups is 1. The predicted molar refractivity (Wildman–Crippen MR) is 268 cm³/mol. The lowest BCUT2D eigenvalue weighted by Crippen LogP contribution is -2.66. The van der Waals surface area contributed by atoms with Crippen molar-refractivity contribution in [2.75, 3.05) is 26.4 Å². The first-order valence-electron chi connectivity index (χ1n) is 28.3. The van der Waals surface area contributed by atoms with Crippen molar-refractivity contribution in [2.45, 2.75) is 304 Å². The van der Waals surface area contributed by atoms with Crippen molar-refractivity contribution < 1.29 is 89.4 Å². The number of hydrogen-bond donors (Lipinski definition) is 12. The van der Waals surface area contributed by atoms with E-state index in [4.69, 9.17) is 28.4 Å². The normalized spacial score (nSPS) is 31.9. The van der Waals surface area contributed by atoms with Gasteiger partial charge in [0.1, 0.15) is 73.2 Å². The molecular formula is C53H101NO18. The molecule has 0 aromatic heterocycles. The molecule has 3 fully saturated rings. The maximum absolute atomic E-state index is 13.3. The highest BCUT2D eigenvalue weighted by atomic mass is 16.8.